The number of hydrogen-bond donors (Lipinski definition) is 3. The van der Waals surface area contributed by atoms with E-state index in [0.29, 0.717) is 6.61 Å². The van der Waals surface area contributed by atoms with Gasteiger partial charge >= 0.3 is 5.97 Å². The van der Waals surface area contributed by atoms with Crippen molar-refractivity contribution in [1.29, 1.82) is 0 Å². The van der Waals surface area contributed by atoms with Crippen LogP contribution < -0.4 is 10.1 Å². The molecule has 5 heteroatoms. The first-order valence-corrected chi connectivity index (χ1v) is 5.54. The Morgan fingerprint density at radius 3 is 3.12 bits per heavy atom. The topological polar surface area (TPSA) is 78.8 Å². The van der Waals surface area contributed by atoms with E-state index in [4.69, 9.17) is 9.84 Å². The summed E-state index contributed by atoms with van der Waals surface area (Å²) in [6.07, 6.45) is -0.235. The summed E-state index contributed by atoms with van der Waals surface area (Å²) in [6, 6.07) is 5.71. The fourth-order valence-electron chi connectivity index (χ4n) is 1.81. The fraction of sp³-hybridized carbons (Fsp3) is 0.417. The molecule has 5 nitrogen and oxygen atoms in total. The fourth-order valence-corrected chi connectivity index (χ4v) is 1.81. The van der Waals surface area contributed by atoms with Crippen LogP contribution in [0.5, 0.6) is 5.75 Å². The molecule has 0 bridgehead atoms. The van der Waals surface area contributed by atoms with Crippen LogP contribution >= 0.6 is 0 Å². The highest BCUT2D eigenvalue weighted by atomic mass is 16.5. The minimum absolute atomic E-state index is 0.228. The van der Waals surface area contributed by atoms with Crippen molar-refractivity contribution < 1.29 is 19.7 Å². The number of rotatable bonds is 5. The van der Waals surface area contributed by atoms with Crippen molar-refractivity contribution in [2.75, 3.05) is 18.5 Å². The Labute approximate surface area is 99.0 Å². The maximum Gasteiger partial charge on any atom is 0.306 e. The van der Waals surface area contributed by atoms with E-state index in [9.17, 15) is 9.90 Å². The highest BCUT2D eigenvalue weighted by molar-refractivity contribution is 5.67. The molecule has 0 amide bonds. The van der Waals surface area contributed by atoms with Crippen molar-refractivity contribution in [2.45, 2.75) is 18.9 Å². The van der Waals surface area contributed by atoms with E-state index in [1.54, 1.807) is 0 Å². The lowest BCUT2D eigenvalue weighted by molar-refractivity contribution is -0.138. The van der Waals surface area contributed by atoms with E-state index >= 15 is 0 Å². The molecule has 0 saturated heterocycles. The van der Waals surface area contributed by atoms with Crippen LogP contribution in [0.3, 0.4) is 0 Å². The minimum Gasteiger partial charge on any atom is -0.493 e. The number of carboxylic acid groups (broad SMARTS) is 1. The number of fused-ring (bicyclic) bond motifs is 1. The summed E-state index contributed by atoms with van der Waals surface area (Å²) in [7, 11) is 0. The zero-order valence-electron chi connectivity index (χ0n) is 9.35. The average Bonchev–Trinajstić information content (AvgIpc) is 2.72. The molecule has 1 aromatic carbocycles. The van der Waals surface area contributed by atoms with Crippen LogP contribution in [-0.2, 0) is 11.2 Å². The summed E-state index contributed by atoms with van der Waals surface area (Å²) in [5.41, 5.74) is 2.02. The second kappa shape index (κ2) is 5.05. The lowest BCUT2D eigenvalue weighted by atomic mass is 10.1. The summed E-state index contributed by atoms with van der Waals surface area (Å²) in [5, 5.41) is 20.9. The van der Waals surface area contributed by atoms with Gasteiger partial charge in [-0.1, -0.05) is 0 Å². The third-order valence-corrected chi connectivity index (χ3v) is 2.64. The van der Waals surface area contributed by atoms with Gasteiger partial charge in [-0.15, -0.1) is 0 Å². The third-order valence-electron chi connectivity index (χ3n) is 2.64. The molecule has 0 radical (unpaired) electrons. The summed E-state index contributed by atoms with van der Waals surface area (Å²) in [5.74, 6) is -0.0942. The Bertz CT molecular complexity index is 419. The van der Waals surface area contributed by atoms with E-state index in [2.05, 4.69) is 5.32 Å². The van der Waals surface area contributed by atoms with Gasteiger partial charge in [-0.3, -0.25) is 4.79 Å². The van der Waals surface area contributed by atoms with Gasteiger partial charge in [-0.25, -0.2) is 0 Å². The number of benzene rings is 1. The average molecular weight is 237 g/mol. The van der Waals surface area contributed by atoms with Gasteiger partial charge in [-0.2, -0.15) is 0 Å². The molecular formula is C12H15NO4. The Morgan fingerprint density at radius 1 is 1.53 bits per heavy atom. The van der Waals surface area contributed by atoms with Crippen molar-refractivity contribution in [3.05, 3.63) is 23.8 Å². The molecule has 1 heterocycles. The Balaban J connectivity index is 1.89. The van der Waals surface area contributed by atoms with Crippen LogP contribution in [0.25, 0.3) is 0 Å². The Kier molecular flexibility index (Phi) is 3.49. The number of hydrogen-bond acceptors (Lipinski definition) is 4. The molecule has 3 N–H and O–H groups in total. The monoisotopic (exact) mass is 237 g/mol. The standard InChI is InChI=1S/C12H15NO4/c14-10(6-12(15)16)7-13-9-1-2-11-8(5-9)3-4-17-11/h1-2,5,10,13-14H,3-4,6-7H2,(H,15,16). The van der Waals surface area contributed by atoms with Crippen LogP contribution in [0.2, 0.25) is 0 Å². The molecule has 0 aliphatic carbocycles. The first kappa shape index (κ1) is 11.7. The number of aliphatic carboxylic acids is 1. The molecule has 0 fully saturated rings. The van der Waals surface area contributed by atoms with Crippen molar-refractivity contribution in [3.63, 3.8) is 0 Å². The quantitative estimate of drug-likeness (QED) is 0.708. The summed E-state index contributed by atoms with van der Waals surface area (Å²) in [6.45, 7) is 0.937. The highest BCUT2D eigenvalue weighted by Crippen LogP contribution is 2.27. The van der Waals surface area contributed by atoms with Crippen molar-refractivity contribution in [3.8, 4) is 5.75 Å². The lowest BCUT2D eigenvalue weighted by Crippen LogP contribution is -2.22. The van der Waals surface area contributed by atoms with Gasteiger partial charge in [0.1, 0.15) is 5.75 Å². The summed E-state index contributed by atoms with van der Waals surface area (Å²) in [4.78, 5) is 10.4. The molecule has 92 valence electrons. The summed E-state index contributed by atoms with van der Waals surface area (Å²) < 4.78 is 5.38. The van der Waals surface area contributed by atoms with Gasteiger partial charge in [0.25, 0.3) is 0 Å². The van der Waals surface area contributed by atoms with Gasteiger partial charge in [0, 0.05) is 18.7 Å². The normalized spacial score (nSPS) is 14.9. The predicted molar refractivity (Wildman–Crippen MR) is 62.4 cm³/mol. The van der Waals surface area contributed by atoms with Crippen LogP contribution in [0.1, 0.15) is 12.0 Å². The number of aliphatic hydroxyl groups excluding tert-OH is 1. The number of anilines is 1. The summed E-state index contributed by atoms with van der Waals surface area (Å²) >= 11 is 0. The largest absolute Gasteiger partial charge is 0.493 e. The van der Waals surface area contributed by atoms with Crippen LogP contribution in [0.4, 0.5) is 5.69 Å². The molecule has 1 aliphatic rings. The molecule has 2 rings (SSSR count). The Hall–Kier alpha value is -1.75. The first-order valence-electron chi connectivity index (χ1n) is 5.54. The van der Waals surface area contributed by atoms with Gasteiger partial charge in [-0.05, 0) is 23.8 Å². The molecule has 1 atom stereocenters. The molecular weight excluding hydrogens is 222 g/mol. The second-order valence-electron chi connectivity index (χ2n) is 4.05. The molecule has 0 aromatic heterocycles. The zero-order valence-corrected chi connectivity index (χ0v) is 9.35. The predicted octanol–water partition coefficient (Wildman–Crippen LogP) is 0.869. The minimum atomic E-state index is -0.998. The highest BCUT2D eigenvalue weighted by Gasteiger charge is 2.13. The van der Waals surface area contributed by atoms with E-state index in [-0.39, 0.29) is 13.0 Å². The molecule has 17 heavy (non-hydrogen) atoms. The molecule has 1 unspecified atom stereocenters. The Morgan fingerprint density at radius 2 is 2.35 bits per heavy atom. The van der Waals surface area contributed by atoms with E-state index in [1.807, 2.05) is 18.2 Å². The number of carboxylic acids is 1. The SMILES string of the molecule is O=C(O)CC(O)CNc1ccc2c(c1)CCO2. The zero-order chi connectivity index (χ0) is 12.3. The van der Waals surface area contributed by atoms with Crippen molar-refractivity contribution in [1.82, 2.24) is 0 Å². The van der Waals surface area contributed by atoms with Crippen LogP contribution in [0, 0.1) is 0 Å². The van der Waals surface area contributed by atoms with E-state index in [0.717, 1.165) is 23.4 Å². The lowest BCUT2D eigenvalue weighted by Gasteiger charge is -2.11. The van der Waals surface area contributed by atoms with Crippen LogP contribution in [-0.4, -0.2) is 35.4 Å². The molecule has 1 aromatic rings. The molecule has 0 saturated carbocycles. The van der Waals surface area contributed by atoms with E-state index in [1.165, 1.54) is 0 Å². The van der Waals surface area contributed by atoms with Gasteiger partial charge in [0.15, 0.2) is 0 Å². The smallest absolute Gasteiger partial charge is 0.306 e. The maximum absolute atomic E-state index is 10.4. The maximum atomic E-state index is 10.4. The van der Waals surface area contributed by atoms with Crippen molar-refractivity contribution in [2.24, 2.45) is 0 Å². The van der Waals surface area contributed by atoms with Gasteiger partial charge in [0.2, 0.25) is 0 Å². The van der Waals surface area contributed by atoms with Gasteiger partial charge in [0.05, 0.1) is 19.1 Å². The van der Waals surface area contributed by atoms with Crippen LogP contribution in [0.15, 0.2) is 18.2 Å². The third kappa shape index (κ3) is 3.10. The van der Waals surface area contributed by atoms with Gasteiger partial charge < -0.3 is 20.3 Å². The molecule has 0 spiro atoms. The number of nitrogens with one attached hydrogen (secondary N) is 1. The first-order chi connectivity index (χ1) is 8.15. The molecule has 1 aliphatic heterocycles. The van der Waals surface area contributed by atoms with E-state index < -0.39 is 12.1 Å². The second-order valence-corrected chi connectivity index (χ2v) is 4.05. The number of ether oxygens (including phenoxy) is 1. The van der Waals surface area contributed by atoms with Crippen molar-refractivity contribution >= 4 is 11.7 Å². The number of aliphatic hydroxyl groups is 1. The number of carbonyl (C=O) groups is 1.